The van der Waals surface area contributed by atoms with Crippen LogP contribution in [-0.2, 0) is 0 Å². The van der Waals surface area contributed by atoms with Gasteiger partial charge in [-0.15, -0.1) is 0 Å². The van der Waals surface area contributed by atoms with Crippen molar-refractivity contribution in [2.45, 2.75) is 39.2 Å². The Kier molecular flexibility index (Phi) is 3.13. The fourth-order valence-electron chi connectivity index (χ4n) is 1.50. The summed E-state index contributed by atoms with van der Waals surface area (Å²) in [5.74, 6) is 2.05. The van der Waals surface area contributed by atoms with E-state index >= 15 is 0 Å². The molecule has 1 saturated carbocycles. The molecule has 1 heterocycles. The van der Waals surface area contributed by atoms with Crippen molar-refractivity contribution in [3.63, 3.8) is 0 Å². The van der Waals surface area contributed by atoms with E-state index in [1.165, 1.54) is 12.8 Å². The van der Waals surface area contributed by atoms with Crippen LogP contribution in [0.15, 0.2) is 12.1 Å². The first-order valence-corrected chi connectivity index (χ1v) is 6.11. The molecule has 1 aromatic rings. The summed E-state index contributed by atoms with van der Waals surface area (Å²) < 4.78 is 5.64. The van der Waals surface area contributed by atoms with Crippen LogP contribution < -0.4 is 15.8 Å². The number of pyridine rings is 1. The van der Waals surface area contributed by atoms with Crippen molar-refractivity contribution in [3.05, 3.63) is 12.1 Å². The number of nitrogens with zero attached hydrogens (tertiary/aromatic N) is 1. The van der Waals surface area contributed by atoms with Crippen molar-refractivity contribution in [1.82, 2.24) is 4.98 Å². The highest BCUT2D eigenvalue weighted by Crippen LogP contribution is 2.30. The number of nitrogen functional groups attached to an aromatic ring is 1. The van der Waals surface area contributed by atoms with E-state index in [1.54, 1.807) is 0 Å². The second-order valence-corrected chi connectivity index (χ2v) is 5.72. The monoisotopic (exact) mass is 235 g/mol. The van der Waals surface area contributed by atoms with E-state index in [2.05, 4.69) is 31.1 Å². The van der Waals surface area contributed by atoms with Crippen molar-refractivity contribution in [2.75, 3.05) is 17.7 Å². The zero-order chi connectivity index (χ0) is 12.5. The van der Waals surface area contributed by atoms with Crippen LogP contribution >= 0.6 is 0 Å². The van der Waals surface area contributed by atoms with Gasteiger partial charge in [0.05, 0.1) is 12.3 Å². The standard InChI is InChI=1S/C13H21N3O/c1-13(2,3)16-11-7-6-10(14)12(15-11)17-8-9-4-5-9/h6-7,9H,4-5,8,14H2,1-3H3,(H,15,16). The van der Waals surface area contributed by atoms with Gasteiger partial charge in [-0.2, -0.15) is 4.98 Å². The minimum atomic E-state index is -0.0170. The minimum Gasteiger partial charge on any atom is -0.476 e. The fraction of sp³-hybridized carbons (Fsp3) is 0.615. The molecular formula is C13H21N3O. The molecule has 0 aromatic carbocycles. The molecule has 94 valence electrons. The lowest BCUT2D eigenvalue weighted by Crippen LogP contribution is -2.26. The molecular weight excluding hydrogens is 214 g/mol. The van der Waals surface area contributed by atoms with Gasteiger partial charge in [0.1, 0.15) is 5.82 Å². The molecule has 17 heavy (non-hydrogen) atoms. The van der Waals surface area contributed by atoms with Gasteiger partial charge in [0.2, 0.25) is 5.88 Å². The van der Waals surface area contributed by atoms with Crippen LogP contribution in [0.3, 0.4) is 0 Å². The quantitative estimate of drug-likeness (QED) is 0.842. The van der Waals surface area contributed by atoms with Gasteiger partial charge in [0, 0.05) is 5.54 Å². The average molecular weight is 235 g/mol. The summed E-state index contributed by atoms with van der Waals surface area (Å²) in [6.45, 7) is 7.01. The minimum absolute atomic E-state index is 0.0170. The zero-order valence-corrected chi connectivity index (χ0v) is 10.8. The lowest BCUT2D eigenvalue weighted by Gasteiger charge is -2.21. The van der Waals surface area contributed by atoms with Crippen LogP contribution in [0.5, 0.6) is 5.88 Å². The summed E-state index contributed by atoms with van der Waals surface area (Å²) in [5, 5.41) is 3.31. The molecule has 0 radical (unpaired) electrons. The molecule has 0 unspecified atom stereocenters. The number of aromatic nitrogens is 1. The van der Waals surface area contributed by atoms with Crippen LogP contribution in [0.4, 0.5) is 11.5 Å². The predicted octanol–water partition coefficient (Wildman–Crippen LogP) is 2.66. The van der Waals surface area contributed by atoms with Gasteiger partial charge in [-0.3, -0.25) is 0 Å². The summed E-state index contributed by atoms with van der Waals surface area (Å²) >= 11 is 0. The molecule has 2 rings (SSSR count). The Bertz CT molecular complexity index is 394. The first-order valence-electron chi connectivity index (χ1n) is 6.11. The molecule has 0 saturated heterocycles. The number of anilines is 2. The molecule has 1 aromatic heterocycles. The maximum absolute atomic E-state index is 5.84. The van der Waals surface area contributed by atoms with Crippen molar-refractivity contribution < 1.29 is 4.74 Å². The largest absolute Gasteiger partial charge is 0.476 e. The predicted molar refractivity (Wildman–Crippen MR) is 70.2 cm³/mol. The van der Waals surface area contributed by atoms with E-state index in [1.807, 2.05) is 12.1 Å². The Hall–Kier alpha value is -1.45. The Morgan fingerprint density at radius 2 is 2.12 bits per heavy atom. The van der Waals surface area contributed by atoms with E-state index in [-0.39, 0.29) is 5.54 Å². The second-order valence-electron chi connectivity index (χ2n) is 5.72. The highest BCUT2D eigenvalue weighted by atomic mass is 16.5. The number of nitrogens with one attached hydrogen (secondary N) is 1. The summed E-state index contributed by atoms with van der Waals surface area (Å²) in [7, 11) is 0. The first kappa shape index (κ1) is 12.0. The van der Waals surface area contributed by atoms with E-state index in [9.17, 15) is 0 Å². The van der Waals surface area contributed by atoms with Gasteiger partial charge >= 0.3 is 0 Å². The molecule has 0 bridgehead atoms. The Balaban J connectivity index is 2.05. The van der Waals surface area contributed by atoms with Crippen molar-refractivity contribution in [3.8, 4) is 5.88 Å². The van der Waals surface area contributed by atoms with E-state index in [0.29, 0.717) is 17.5 Å². The molecule has 3 N–H and O–H groups in total. The maximum Gasteiger partial charge on any atom is 0.239 e. The van der Waals surface area contributed by atoms with Crippen molar-refractivity contribution >= 4 is 11.5 Å². The highest BCUT2D eigenvalue weighted by molar-refractivity contribution is 5.54. The topological polar surface area (TPSA) is 60.2 Å². The van der Waals surface area contributed by atoms with Crippen LogP contribution in [0.1, 0.15) is 33.6 Å². The third-order valence-corrected chi connectivity index (χ3v) is 2.55. The summed E-state index contributed by atoms with van der Waals surface area (Å²) in [4.78, 5) is 4.40. The van der Waals surface area contributed by atoms with E-state index in [0.717, 1.165) is 12.4 Å². The smallest absolute Gasteiger partial charge is 0.239 e. The molecule has 0 aliphatic heterocycles. The Labute approximate surface area is 103 Å². The summed E-state index contributed by atoms with van der Waals surface area (Å²) in [6.07, 6.45) is 2.53. The normalized spacial score (nSPS) is 15.7. The third-order valence-electron chi connectivity index (χ3n) is 2.55. The molecule has 1 aliphatic carbocycles. The molecule has 0 spiro atoms. The molecule has 4 heteroatoms. The molecule has 1 aliphatic rings. The fourth-order valence-corrected chi connectivity index (χ4v) is 1.50. The number of hydrogen-bond donors (Lipinski definition) is 2. The van der Waals surface area contributed by atoms with Gasteiger partial charge in [0.15, 0.2) is 0 Å². The lowest BCUT2D eigenvalue weighted by molar-refractivity contribution is 0.290. The van der Waals surface area contributed by atoms with E-state index in [4.69, 9.17) is 10.5 Å². The van der Waals surface area contributed by atoms with Crippen LogP contribution in [0.2, 0.25) is 0 Å². The molecule has 4 nitrogen and oxygen atoms in total. The maximum atomic E-state index is 5.84. The second kappa shape index (κ2) is 4.43. The number of rotatable bonds is 4. The van der Waals surface area contributed by atoms with Crippen LogP contribution in [0.25, 0.3) is 0 Å². The van der Waals surface area contributed by atoms with Gasteiger partial charge in [-0.25, -0.2) is 0 Å². The lowest BCUT2D eigenvalue weighted by atomic mass is 10.1. The van der Waals surface area contributed by atoms with Crippen LogP contribution in [-0.4, -0.2) is 17.1 Å². The zero-order valence-electron chi connectivity index (χ0n) is 10.8. The first-order chi connectivity index (χ1) is 7.94. The Morgan fingerprint density at radius 1 is 1.41 bits per heavy atom. The molecule has 0 atom stereocenters. The number of ether oxygens (including phenoxy) is 1. The Morgan fingerprint density at radius 3 is 2.71 bits per heavy atom. The van der Waals surface area contributed by atoms with Gasteiger partial charge in [-0.1, -0.05) is 0 Å². The van der Waals surface area contributed by atoms with E-state index < -0.39 is 0 Å². The molecule has 0 amide bonds. The third kappa shape index (κ3) is 3.80. The van der Waals surface area contributed by atoms with Crippen LogP contribution in [0, 0.1) is 5.92 Å². The van der Waals surface area contributed by atoms with Crippen molar-refractivity contribution in [1.29, 1.82) is 0 Å². The van der Waals surface area contributed by atoms with Gasteiger partial charge < -0.3 is 15.8 Å². The summed E-state index contributed by atoms with van der Waals surface area (Å²) in [5.41, 5.74) is 6.43. The molecule has 1 fully saturated rings. The van der Waals surface area contributed by atoms with Gasteiger partial charge in [0.25, 0.3) is 0 Å². The SMILES string of the molecule is CC(C)(C)Nc1ccc(N)c(OCC2CC2)n1. The summed E-state index contributed by atoms with van der Waals surface area (Å²) in [6, 6.07) is 3.72. The highest BCUT2D eigenvalue weighted by Gasteiger charge is 2.22. The van der Waals surface area contributed by atoms with Crippen molar-refractivity contribution in [2.24, 2.45) is 5.92 Å². The number of hydrogen-bond acceptors (Lipinski definition) is 4. The van der Waals surface area contributed by atoms with Gasteiger partial charge in [-0.05, 0) is 51.7 Å². The number of nitrogens with two attached hydrogens (primary N) is 1. The average Bonchev–Trinajstić information content (AvgIpc) is 3.00.